The fourth-order valence-electron chi connectivity index (χ4n) is 5.56. The summed E-state index contributed by atoms with van der Waals surface area (Å²) in [6.45, 7) is 2.38. The number of nitrogens with one attached hydrogen (secondary N) is 1. The molecule has 1 aromatic rings. The highest BCUT2D eigenvalue weighted by Crippen LogP contribution is 2.42. The predicted octanol–water partition coefficient (Wildman–Crippen LogP) is 2.16. The van der Waals surface area contributed by atoms with Crippen LogP contribution in [-0.2, 0) is 9.59 Å². The molecule has 0 aromatic heterocycles. The molecule has 0 spiro atoms. The van der Waals surface area contributed by atoms with Gasteiger partial charge in [0.15, 0.2) is 0 Å². The Bertz CT molecular complexity index is 821. The molecule has 9 nitrogen and oxygen atoms in total. The van der Waals surface area contributed by atoms with Gasteiger partial charge in [0.1, 0.15) is 0 Å². The van der Waals surface area contributed by atoms with Crippen molar-refractivity contribution < 1.29 is 24.7 Å². The van der Waals surface area contributed by atoms with E-state index in [1.807, 2.05) is 30.3 Å². The molecule has 2 aliphatic carbocycles. The van der Waals surface area contributed by atoms with Gasteiger partial charge in [-0.2, -0.15) is 0 Å². The van der Waals surface area contributed by atoms with Crippen molar-refractivity contribution in [3.63, 3.8) is 0 Å². The van der Waals surface area contributed by atoms with Crippen LogP contribution < -0.4 is 10.4 Å². The number of amides is 3. The van der Waals surface area contributed by atoms with Crippen molar-refractivity contribution in [2.24, 2.45) is 11.8 Å². The summed E-state index contributed by atoms with van der Waals surface area (Å²) in [6, 6.07) is 9.36. The fraction of sp³-hybridized carbons (Fsp3) is 0.609. The van der Waals surface area contributed by atoms with Gasteiger partial charge in [-0.15, -0.1) is 0 Å². The zero-order valence-corrected chi connectivity index (χ0v) is 18.2. The Morgan fingerprint density at radius 2 is 1.62 bits per heavy atom. The number of hydrogen-bond donors (Lipinski definition) is 3. The van der Waals surface area contributed by atoms with Gasteiger partial charge in [-0.05, 0) is 31.4 Å². The van der Waals surface area contributed by atoms with Crippen LogP contribution in [0.2, 0.25) is 0 Å². The summed E-state index contributed by atoms with van der Waals surface area (Å²) in [6.07, 6.45) is 3.85. The van der Waals surface area contributed by atoms with Crippen LogP contribution in [0.4, 0.5) is 10.5 Å². The Balaban J connectivity index is 1.48. The molecule has 3 amide bonds. The second kappa shape index (κ2) is 9.77. The van der Waals surface area contributed by atoms with Crippen molar-refractivity contribution in [1.82, 2.24) is 15.3 Å². The highest BCUT2D eigenvalue weighted by Gasteiger charge is 2.55. The quantitative estimate of drug-likeness (QED) is 0.474. The zero-order chi connectivity index (χ0) is 22.7. The maximum Gasteiger partial charge on any atom is 0.407 e. The molecule has 4 rings (SSSR count). The zero-order valence-electron chi connectivity index (χ0n) is 18.2. The van der Waals surface area contributed by atoms with Gasteiger partial charge in [-0.3, -0.25) is 14.8 Å². The summed E-state index contributed by atoms with van der Waals surface area (Å²) in [7, 11) is 0. The molecule has 9 heteroatoms. The van der Waals surface area contributed by atoms with Crippen LogP contribution in [0.15, 0.2) is 30.3 Å². The molecular weight excluding hydrogens is 412 g/mol. The number of piperazine rings is 1. The lowest BCUT2D eigenvalue weighted by Gasteiger charge is -2.51. The van der Waals surface area contributed by atoms with Crippen LogP contribution in [0.3, 0.4) is 0 Å². The smallest absolute Gasteiger partial charge is 0.407 e. The van der Waals surface area contributed by atoms with Crippen molar-refractivity contribution in [1.29, 1.82) is 0 Å². The van der Waals surface area contributed by atoms with E-state index in [2.05, 4.69) is 4.90 Å². The Labute approximate surface area is 187 Å². The second-order valence-corrected chi connectivity index (χ2v) is 9.04. The average molecular weight is 445 g/mol. The van der Waals surface area contributed by atoms with E-state index in [1.54, 1.807) is 10.4 Å². The third-order valence-corrected chi connectivity index (χ3v) is 7.33. The lowest BCUT2D eigenvalue weighted by molar-refractivity contribution is -0.159. The molecule has 1 heterocycles. The highest BCUT2D eigenvalue weighted by atomic mass is 16.5. The van der Waals surface area contributed by atoms with Gasteiger partial charge in [0, 0.05) is 44.0 Å². The monoisotopic (exact) mass is 444 g/mol. The molecule has 2 saturated carbocycles. The van der Waals surface area contributed by atoms with Crippen LogP contribution in [0, 0.1) is 11.8 Å². The van der Waals surface area contributed by atoms with E-state index in [1.165, 1.54) is 4.90 Å². The van der Waals surface area contributed by atoms with E-state index in [0.29, 0.717) is 26.2 Å². The first-order valence-corrected chi connectivity index (χ1v) is 11.5. The summed E-state index contributed by atoms with van der Waals surface area (Å²) in [5.74, 6) is -2.28. The van der Waals surface area contributed by atoms with Gasteiger partial charge >= 0.3 is 6.09 Å². The summed E-state index contributed by atoms with van der Waals surface area (Å²) in [4.78, 5) is 43.3. The summed E-state index contributed by atoms with van der Waals surface area (Å²) in [5.41, 5.74) is 2.77. The number of hydrogen-bond acceptors (Lipinski definition) is 5. The molecule has 174 valence electrons. The topological polar surface area (TPSA) is 113 Å². The second-order valence-electron chi connectivity index (χ2n) is 9.04. The minimum atomic E-state index is -1.03. The van der Waals surface area contributed by atoms with Crippen LogP contribution >= 0.6 is 0 Å². The van der Waals surface area contributed by atoms with Crippen LogP contribution in [0.25, 0.3) is 0 Å². The van der Waals surface area contributed by atoms with Crippen LogP contribution in [0.1, 0.15) is 38.5 Å². The van der Waals surface area contributed by atoms with Gasteiger partial charge in [0.2, 0.25) is 11.8 Å². The molecule has 3 atom stereocenters. The SMILES string of the molecule is O=C(NO)[C@H]1C[C@@H](N(C(=O)O)C2CCCCC2)[C@H]1C(=O)N1CCN(c2ccccc2)CC1. The summed E-state index contributed by atoms with van der Waals surface area (Å²) < 4.78 is 0. The third kappa shape index (κ3) is 4.39. The van der Waals surface area contributed by atoms with Crippen molar-refractivity contribution >= 4 is 23.6 Å². The number of rotatable bonds is 5. The molecular formula is C23H32N4O5. The number of anilines is 1. The highest BCUT2D eigenvalue weighted by molar-refractivity contribution is 5.90. The van der Waals surface area contributed by atoms with Gasteiger partial charge < -0.3 is 19.8 Å². The lowest BCUT2D eigenvalue weighted by atomic mass is 9.66. The number of para-hydroxylation sites is 1. The van der Waals surface area contributed by atoms with Gasteiger partial charge in [0.25, 0.3) is 0 Å². The summed E-state index contributed by atoms with van der Waals surface area (Å²) in [5, 5.41) is 19.1. The Hall–Kier alpha value is -2.81. The number of nitrogens with zero attached hydrogens (tertiary/aromatic N) is 3. The van der Waals surface area contributed by atoms with Crippen molar-refractivity contribution in [3.05, 3.63) is 30.3 Å². The number of carboxylic acid groups (broad SMARTS) is 1. The maximum absolute atomic E-state index is 13.5. The van der Waals surface area contributed by atoms with Crippen molar-refractivity contribution in [2.45, 2.75) is 50.6 Å². The van der Waals surface area contributed by atoms with Gasteiger partial charge in [-0.25, -0.2) is 10.3 Å². The molecule has 0 unspecified atom stereocenters. The average Bonchev–Trinajstić information content (AvgIpc) is 2.82. The Kier molecular flexibility index (Phi) is 6.83. The molecule has 32 heavy (non-hydrogen) atoms. The third-order valence-electron chi connectivity index (χ3n) is 7.33. The lowest BCUT2D eigenvalue weighted by Crippen LogP contribution is -2.65. The van der Waals surface area contributed by atoms with Crippen molar-refractivity contribution in [2.75, 3.05) is 31.1 Å². The molecule has 1 saturated heterocycles. The Morgan fingerprint density at radius 3 is 2.22 bits per heavy atom. The van der Waals surface area contributed by atoms with Crippen LogP contribution in [-0.4, -0.2) is 76.3 Å². The minimum absolute atomic E-state index is 0.116. The normalized spacial score (nSPS) is 26.2. The molecule has 1 aliphatic heterocycles. The van der Waals surface area contributed by atoms with Gasteiger partial charge in [0.05, 0.1) is 11.8 Å². The first-order valence-electron chi connectivity index (χ1n) is 11.5. The molecule has 3 N–H and O–H groups in total. The molecule has 0 radical (unpaired) electrons. The first kappa shape index (κ1) is 22.4. The minimum Gasteiger partial charge on any atom is -0.465 e. The fourth-order valence-corrected chi connectivity index (χ4v) is 5.56. The molecule has 0 bridgehead atoms. The number of carbonyl (C=O) groups excluding carboxylic acids is 2. The number of hydroxylamine groups is 1. The van der Waals surface area contributed by atoms with E-state index < -0.39 is 29.9 Å². The molecule has 1 aromatic carbocycles. The van der Waals surface area contributed by atoms with Crippen LogP contribution in [0.5, 0.6) is 0 Å². The first-order chi connectivity index (χ1) is 15.5. The number of benzene rings is 1. The number of carbonyl (C=O) groups is 3. The van der Waals surface area contributed by atoms with E-state index in [9.17, 15) is 19.5 Å². The maximum atomic E-state index is 13.5. The largest absolute Gasteiger partial charge is 0.465 e. The predicted molar refractivity (Wildman–Crippen MR) is 117 cm³/mol. The molecule has 3 aliphatic rings. The van der Waals surface area contributed by atoms with E-state index in [-0.39, 0.29) is 18.4 Å². The Morgan fingerprint density at radius 1 is 0.969 bits per heavy atom. The van der Waals surface area contributed by atoms with E-state index in [4.69, 9.17) is 5.21 Å². The van der Waals surface area contributed by atoms with Gasteiger partial charge in [-0.1, -0.05) is 37.5 Å². The summed E-state index contributed by atoms with van der Waals surface area (Å²) >= 11 is 0. The van der Waals surface area contributed by atoms with Crippen molar-refractivity contribution in [3.8, 4) is 0 Å². The van der Waals surface area contributed by atoms with E-state index in [0.717, 1.165) is 37.8 Å². The van der Waals surface area contributed by atoms with E-state index >= 15 is 0 Å². The molecule has 3 fully saturated rings. The standard InChI is InChI=1S/C23H32N4O5/c28-21(24-32)18-15-19(27(23(30)31)17-9-5-2-6-10-17)20(18)22(29)26-13-11-25(12-14-26)16-7-3-1-4-8-16/h1,3-4,7-8,17-20,32H,2,5-6,9-15H2,(H,24,28)(H,30,31)/t18-,19+,20-/m0/s1.